The standard InChI is InChI=1S/C16H20N4O2S/c1-12(18-16(21)15-9-17-19-23-15)14-11-20(7-8-22-14)10-13-5-3-2-4-6-13/h2-6,9,12,14H,7-8,10-11H2,1H3,(H,18,21). The van der Waals surface area contributed by atoms with E-state index in [1.165, 1.54) is 11.8 Å². The van der Waals surface area contributed by atoms with Gasteiger partial charge in [-0.2, -0.15) is 0 Å². The van der Waals surface area contributed by atoms with Crippen LogP contribution in [0.25, 0.3) is 0 Å². The normalized spacial score (nSPS) is 20.1. The van der Waals surface area contributed by atoms with Crippen molar-refractivity contribution in [2.75, 3.05) is 19.7 Å². The Balaban J connectivity index is 1.54. The van der Waals surface area contributed by atoms with Gasteiger partial charge in [0, 0.05) is 19.6 Å². The smallest absolute Gasteiger partial charge is 0.264 e. The fraction of sp³-hybridized carbons (Fsp3) is 0.438. The number of hydrogen-bond acceptors (Lipinski definition) is 6. The van der Waals surface area contributed by atoms with Crippen LogP contribution in [0, 0.1) is 0 Å². The van der Waals surface area contributed by atoms with E-state index < -0.39 is 0 Å². The maximum absolute atomic E-state index is 12.1. The number of aromatic nitrogens is 2. The Hall–Kier alpha value is -1.83. The number of benzene rings is 1. The van der Waals surface area contributed by atoms with E-state index >= 15 is 0 Å². The highest BCUT2D eigenvalue weighted by Crippen LogP contribution is 2.13. The number of carbonyl (C=O) groups is 1. The Bertz CT molecular complexity index is 620. The summed E-state index contributed by atoms with van der Waals surface area (Å²) < 4.78 is 9.55. The topological polar surface area (TPSA) is 67.4 Å². The molecular formula is C16H20N4O2S. The van der Waals surface area contributed by atoms with Gasteiger partial charge in [0.25, 0.3) is 5.91 Å². The highest BCUT2D eigenvalue weighted by atomic mass is 32.1. The van der Waals surface area contributed by atoms with Crippen molar-refractivity contribution >= 4 is 17.4 Å². The minimum atomic E-state index is -0.142. The van der Waals surface area contributed by atoms with Gasteiger partial charge in [-0.1, -0.05) is 34.8 Å². The first-order chi connectivity index (χ1) is 11.2. The van der Waals surface area contributed by atoms with E-state index in [1.54, 1.807) is 0 Å². The second-order valence-electron chi connectivity index (χ2n) is 5.67. The lowest BCUT2D eigenvalue weighted by molar-refractivity contribution is -0.0449. The molecule has 0 saturated carbocycles. The van der Waals surface area contributed by atoms with E-state index in [9.17, 15) is 4.79 Å². The molecule has 1 saturated heterocycles. The Morgan fingerprint density at radius 3 is 3.04 bits per heavy atom. The third-order valence-electron chi connectivity index (χ3n) is 3.93. The molecule has 6 nitrogen and oxygen atoms in total. The van der Waals surface area contributed by atoms with Crippen LogP contribution in [0.4, 0.5) is 0 Å². The maximum atomic E-state index is 12.1. The molecular weight excluding hydrogens is 312 g/mol. The molecule has 0 bridgehead atoms. The predicted octanol–water partition coefficient (Wildman–Crippen LogP) is 1.56. The molecule has 2 aromatic rings. The number of rotatable bonds is 5. The van der Waals surface area contributed by atoms with Crippen LogP contribution >= 0.6 is 11.5 Å². The zero-order chi connectivity index (χ0) is 16.1. The summed E-state index contributed by atoms with van der Waals surface area (Å²) >= 11 is 1.10. The summed E-state index contributed by atoms with van der Waals surface area (Å²) in [6, 6.07) is 10.3. The van der Waals surface area contributed by atoms with Crippen LogP contribution in [-0.2, 0) is 11.3 Å². The minimum Gasteiger partial charge on any atom is -0.373 e. The van der Waals surface area contributed by atoms with Crippen LogP contribution in [0.1, 0.15) is 22.2 Å². The molecule has 2 unspecified atom stereocenters. The summed E-state index contributed by atoms with van der Waals surface area (Å²) in [5, 5.41) is 6.67. The number of carbonyl (C=O) groups excluding carboxylic acids is 1. The molecule has 2 atom stereocenters. The van der Waals surface area contributed by atoms with E-state index in [4.69, 9.17) is 4.74 Å². The molecule has 122 valence electrons. The Morgan fingerprint density at radius 1 is 1.48 bits per heavy atom. The average molecular weight is 332 g/mol. The SMILES string of the molecule is CC(NC(=O)c1cnns1)C1CN(Cc2ccccc2)CCO1. The second kappa shape index (κ2) is 7.63. The molecule has 2 heterocycles. The molecule has 1 aliphatic heterocycles. The fourth-order valence-corrected chi connectivity index (χ4v) is 3.08. The summed E-state index contributed by atoms with van der Waals surface area (Å²) in [5.41, 5.74) is 1.29. The molecule has 1 aromatic carbocycles. The summed E-state index contributed by atoms with van der Waals surface area (Å²) in [4.78, 5) is 15.0. The first-order valence-corrected chi connectivity index (χ1v) is 8.46. The van der Waals surface area contributed by atoms with E-state index in [0.717, 1.165) is 31.2 Å². The highest BCUT2D eigenvalue weighted by Gasteiger charge is 2.27. The van der Waals surface area contributed by atoms with Crippen molar-refractivity contribution in [2.24, 2.45) is 0 Å². The van der Waals surface area contributed by atoms with Gasteiger partial charge >= 0.3 is 0 Å². The van der Waals surface area contributed by atoms with Gasteiger partial charge in [-0.3, -0.25) is 9.69 Å². The third-order valence-corrected chi connectivity index (χ3v) is 4.59. The van der Waals surface area contributed by atoms with Gasteiger partial charge in [0.1, 0.15) is 4.88 Å². The van der Waals surface area contributed by atoms with Crippen molar-refractivity contribution in [3.05, 3.63) is 47.0 Å². The number of nitrogens with zero attached hydrogens (tertiary/aromatic N) is 3. The van der Waals surface area contributed by atoms with Gasteiger partial charge in [0.15, 0.2) is 0 Å². The van der Waals surface area contributed by atoms with E-state index in [0.29, 0.717) is 11.5 Å². The monoisotopic (exact) mass is 332 g/mol. The molecule has 3 rings (SSSR count). The summed E-state index contributed by atoms with van der Waals surface area (Å²) in [5.74, 6) is -0.142. The zero-order valence-corrected chi connectivity index (χ0v) is 13.8. The molecule has 1 fully saturated rings. The molecule has 0 radical (unpaired) electrons. The van der Waals surface area contributed by atoms with E-state index in [2.05, 4.69) is 44.1 Å². The first-order valence-electron chi connectivity index (χ1n) is 7.68. The van der Waals surface area contributed by atoms with Crippen molar-refractivity contribution in [2.45, 2.75) is 25.6 Å². The lowest BCUT2D eigenvalue weighted by Gasteiger charge is -2.36. The molecule has 0 spiro atoms. The van der Waals surface area contributed by atoms with E-state index in [1.807, 2.05) is 13.0 Å². The largest absolute Gasteiger partial charge is 0.373 e. The van der Waals surface area contributed by atoms with Crippen LogP contribution in [-0.4, -0.2) is 52.2 Å². The highest BCUT2D eigenvalue weighted by molar-refractivity contribution is 7.07. The minimum absolute atomic E-state index is 0.0164. The molecule has 1 N–H and O–H groups in total. The number of ether oxygens (including phenoxy) is 1. The fourth-order valence-electron chi connectivity index (χ4n) is 2.66. The lowest BCUT2D eigenvalue weighted by Crippen LogP contribution is -2.51. The van der Waals surface area contributed by atoms with Crippen molar-refractivity contribution in [1.29, 1.82) is 0 Å². The molecule has 1 aromatic heterocycles. The lowest BCUT2D eigenvalue weighted by atomic mass is 10.1. The number of amides is 1. The second-order valence-corrected chi connectivity index (χ2v) is 6.46. The van der Waals surface area contributed by atoms with Gasteiger partial charge in [0.05, 0.1) is 24.9 Å². The van der Waals surface area contributed by atoms with Crippen molar-refractivity contribution < 1.29 is 9.53 Å². The Labute approximate surface area is 139 Å². The van der Waals surface area contributed by atoms with Crippen molar-refractivity contribution in [1.82, 2.24) is 19.8 Å². The number of nitrogens with one attached hydrogen (secondary N) is 1. The van der Waals surface area contributed by atoms with Crippen LogP contribution in [0.15, 0.2) is 36.5 Å². The molecule has 0 aliphatic carbocycles. The Kier molecular flexibility index (Phi) is 5.32. The van der Waals surface area contributed by atoms with Crippen LogP contribution in [0.2, 0.25) is 0 Å². The van der Waals surface area contributed by atoms with Gasteiger partial charge in [-0.25, -0.2) is 0 Å². The van der Waals surface area contributed by atoms with Crippen LogP contribution < -0.4 is 5.32 Å². The third kappa shape index (κ3) is 4.34. The van der Waals surface area contributed by atoms with E-state index in [-0.39, 0.29) is 18.1 Å². The molecule has 1 amide bonds. The molecule has 7 heteroatoms. The predicted molar refractivity (Wildman–Crippen MR) is 88.3 cm³/mol. The number of morpholine rings is 1. The number of hydrogen-bond donors (Lipinski definition) is 1. The van der Waals surface area contributed by atoms with Gasteiger partial charge in [-0.15, -0.1) is 5.10 Å². The first kappa shape index (κ1) is 16.0. The maximum Gasteiger partial charge on any atom is 0.264 e. The summed E-state index contributed by atoms with van der Waals surface area (Å²) in [7, 11) is 0. The van der Waals surface area contributed by atoms with Crippen molar-refractivity contribution in [3.8, 4) is 0 Å². The molecule has 1 aliphatic rings. The average Bonchev–Trinajstić information content (AvgIpc) is 3.10. The van der Waals surface area contributed by atoms with Crippen LogP contribution in [0.5, 0.6) is 0 Å². The van der Waals surface area contributed by atoms with Gasteiger partial charge < -0.3 is 10.1 Å². The van der Waals surface area contributed by atoms with Crippen LogP contribution in [0.3, 0.4) is 0 Å². The summed E-state index contributed by atoms with van der Waals surface area (Å²) in [6.45, 7) is 5.27. The Morgan fingerprint density at radius 2 is 2.30 bits per heavy atom. The van der Waals surface area contributed by atoms with Gasteiger partial charge in [-0.05, 0) is 24.0 Å². The zero-order valence-electron chi connectivity index (χ0n) is 13.0. The quantitative estimate of drug-likeness (QED) is 0.900. The molecule has 23 heavy (non-hydrogen) atoms. The summed E-state index contributed by atoms with van der Waals surface area (Å²) in [6.07, 6.45) is 1.47. The van der Waals surface area contributed by atoms with Crippen molar-refractivity contribution in [3.63, 3.8) is 0 Å². The van der Waals surface area contributed by atoms with Gasteiger partial charge in [0.2, 0.25) is 0 Å².